The first kappa shape index (κ1) is 13.6. The molecule has 0 aliphatic rings. The SMILES string of the molecule is CCCc1nn(C)c2c1nc(N)n2Cc1ccncc1C. The molecule has 0 aliphatic carbocycles. The number of fused-ring (bicyclic) bond motifs is 1. The van der Waals surface area contributed by atoms with Gasteiger partial charge in [0.15, 0.2) is 5.65 Å². The molecule has 0 atom stereocenters. The monoisotopic (exact) mass is 284 g/mol. The van der Waals surface area contributed by atoms with E-state index in [0.717, 1.165) is 35.3 Å². The Hall–Kier alpha value is -2.37. The van der Waals surface area contributed by atoms with Crippen LogP contribution in [0.4, 0.5) is 5.95 Å². The van der Waals surface area contributed by atoms with Crippen LogP contribution in [-0.2, 0) is 20.0 Å². The minimum atomic E-state index is 0.534. The Bertz CT molecular complexity index is 783. The Kier molecular flexibility index (Phi) is 3.37. The number of nitrogen functional groups attached to an aromatic ring is 1. The Morgan fingerprint density at radius 2 is 2.14 bits per heavy atom. The molecule has 0 unspecified atom stereocenters. The molecule has 0 saturated heterocycles. The first-order chi connectivity index (χ1) is 10.1. The molecule has 0 fully saturated rings. The molecule has 6 nitrogen and oxygen atoms in total. The molecule has 6 heteroatoms. The Labute approximate surface area is 123 Å². The van der Waals surface area contributed by atoms with Crippen LogP contribution in [0.1, 0.15) is 30.2 Å². The fourth-order valence-electron chi connectivity index (χ4n) is 2.67. The van der Waals surface area contributed by atoms with Crippen LogP contribution < -0.4 is 5.73 Å². The summed E-state index contributed by atoms with van der Waals surface area (Å²) in [7, 11) is 1.94. The lowest BCUT2D eigenvalue weighted by atomic mass is 10.1. The van der Waals surface area contributed by atoms with Crippen molar-refractivity contribution in [1.82, 2.24) is 24.3 Å². The smallest absolute Gasteiger partial charge is 0.202 e. The van der Waals surface area contributed by atoms with Crippen molar-refractivity contribution in [1.29, 1.82) is 0 Å². The first-order valence-corrected chi connectivity index (χ1v) is 7.19. The molecule has 0 radical (unpaired) electrons. The maximum absolute atomic E-state index is 6.12. The van der Waals surface area contributed by atoms with E-state index in [1.54, 1.807) is 6.20 Å². The van der Waals surface area contributed by atoms with Crippen LogP contribution in [0.3, 0.4) is 0 Å². The zero-order valence-electron chi connectivity index (χ0n) is 12.7. The number of imidazole rings is 1. The van der Waals surface area contributed by atoms with Crippen LogP contribution in [0.25, 0.3) is 11.2 Å². The number of rotatable bonds is 4. The highest BCUT2D eigenvalue weighted by atomic mass is 15.3. The van der Waals surface area contributed by atoms with Crippen molar-refractivity contribution in [2.75, 3.05) is 5.73 Å². The van der Waals surface area contributed by atoms with E-state index in [0.29, 0.717) is 12.5 Å². The normalized spacial score (nSPS) is 11.4. The predicted molar refractivity (Wildman–Crippen MR) is 83.0 cm³/mol. The Morgan fingerprint density at radius 1 is 1.33 bits per heavy atom. The molecule has 21 heavy (non-hydrogen) atoms. The first-order valence-electron chi connectivity index (χ1n) is 7.19. The molecule has 0 aromatic carbocycles. The third kappa shape index (κ3) is 2.26. The average molecular weight is 284 g/mol. The Balaban J connectivity index is 2.10. The number of aryl methyl sites for hydroxylation is 3. The second kappa shape index (κ2) is 5.20. The summed E-state index contributed by atoms with van der Waals surface area (Å²) in [5.74, 6) is 0.534. The summed E-state index contributed by atoms with van der Waals surface area (Å²) in [5.41, 5.74) is 11.4. The summed E-state index contributed by atoms with van der Waals surface area (Å²) in [6.45, 7) is 4.88. The van der Waals surface area contributed by atoms with Gasteiger partial charge in [-0.05, 0) is 30.5 Å². The summed E-state index contributed by atoms with van der Waals surface area (Å²) >= 11 is 0. The van der Waals surface area contributed by atoms with E-state index in [-0.39, 0.29) is 0 Å². The van der Waals surface area contributed by atoms with Crippen LogP contribution in [0.5, 0.6) is 0 Å². The van der Waals surface area contributed by atoms with E-state index in [1.165, 1.54) is 5.56 Å². The molecular formula is C15H20N6. The van der Waals surface area contributed by atoms with Crippen LogP contribution in [0, 0.1) is 6.92 Å². The second-order valence-electron chi connectivity index (χ2n) is 5.35. The van der Waals surface area contributed by atoms with Gasteiger partial charge in [0.25, 0.3) is 0 Å². The van der Waals surface area contributed by atoms with E-state index in [1.807, 2.05) is 28.6 Å². The van der Waals surface area contributed by atoms with Gasteiger partial charge >= 0.3 is 0 Å². The molecule has 0 aliphatic heterocycles. The van der Waals surface area contributed by atoms with Crippen molar-refractivity contribution in [3.05, 3.63) is 35.3 Å². The van der Waals surface area contributed by atoms with Gasteiger partial charge in [0, 0.05) is 19.4 Å². The maximum atomic E-state index is 6.12. The van der Waals surface area contributed by atoms with Crippen molar-refractivity contribution in [3.8, 4) is 0 Å². The number of pyridine rings is 1. The molecule has 3 rings (SSSR count). The lowest BCUT2D eigenvalue weighted by Crippen LogP contribution is -2.09. The maximum Gasteiger partial charge on any atom is 0.202 e. The molecule has 0 saturated carbocycles. The fraction of sp³-hybridized carbons (Fsp3) is 0.400. The van der Waals surface area contributed by atoms with Crippen molar-refractivity contribution in [3.63, 3.8) is 0 Å². The van der Waals surface area contributed by atoms with Gasteiger partial charge in [0.05, 0.1) is 12.2 Å². The topological polar surface area (TPSA) is 74.6 Å². The zero-order chi connectivity index (χ0) is 15.0. The third-order valence-corrected chi connectivity index (χ3v) is 3.77. The summed E-state index contributed by atoms with van der Waals surface area (Å²) in [6, 6.07) is 2.02. The predicted octanol–water partition coefficient (Wildman–Crippen LogP) is 2.06. The third-order valence-electron chi connectivity index (χ3n) is 3.77. The summed E-state index contributed by atoms with van der Waals surface area (Å²) in [5, 5.41) is 4.57. The lowest BCUT2D eigenvalue weighted by Gasteiger charge is -2.09. The minimum Gasteiger partial charge on any atom is -0.369 e. The van der Waals surface area contributed by atoms with E-state index >= 15 is 0 Å². The second-order valence-corrected chi connectivity index (χ2v) is 5.35. The molecule has 0 amide bonds. The summed E-state index contributed by atoms with van der Waals surface area (Å²) < 4.78 is 3.89. The van der Waals surface area contributed by atoms with Crippen LogP contribution in [-0.4, -0.2) is 24.3 Å². The van der Waals surface area contributed by atoms with E-state index < -0.39 is 0 Å². The molecule has 3 aromatic heterocycles. The zero-order valence-corrected chi connectivity index (χ0v) is 12.7. The van der Waals surface area contributed by atoms with E-state index in [2.05, 4.69) is 28.9 Å². The fourth-order valence-corrected chi connectivity index (χ4v) is 2.67. The largest absolute Gasteiger partial charge is 0.369 e. The van der Waals surface area contributed by atoms with Gasteiger partial charge < -0.3 is 5.73 Å². The van der Waals surface area contributed by atoms with Gasteiger partial charge in [-0.25, -0.2) is 4.98 Å². The molecule has 110 valence electrons. The number of anilines is 1. The minimum absolute atomic E-state index is 0.534. The quantitative estimate of drug-likeness (QED) is 0.795. The van der Waals surface area contributed by atoms with Crippen LogP contribution in [0.2, 0.25) is 0 Å². The molecular weight excluding hydrogens is 264 g/mol. The van der Waals surface area contributed by atoms with Crippen molar-refractivity contribution >= 4 is 17.1 Å². The van der Waals surface area contributed by atoms with E-state index in [4.69, 9.17) is 5.73 Å². The number of hydrogen-bond donors (Lipinski definition) is 1. The molecule has 0 bridgehead atoms. The summed E-state index contributed by atoms with van der Waals surface area (Å²) in [4.78, 5) is 8.65. The highest BCUT2D eigenvalue weighted by Gasteiger charge is 2.17. The van der Waals surface area contributed by atoms with Gasteiger partial charge in [-0.15, -0.1) is 0 Å². The van der Waals surface area contributed by atoms with Gasteiger partial charge in [-0.2, -0.15) is 5.10 Å². The van der Waals surface area contributed by atoms with E-state index in [9.17, 15) is 0 Å². The van der Waals surface area contributed by atoms with Crippen LogP contribution in [0.15, 0.2) is 18.5 Å². The average Bonchev–Trinajstić information content (AvgIpc) is 2.92. The molecule has 3 heterocycles. The lowest BCUT2D eigenvalue weighted by molar-refractivity contribution is 0.710. The van der Waals surface area contributed by atoms with Crippen molar-refractivity contribution < 1.29 is 0 Å². The summed E-state index contributed by atoms with van der Waals surface area (Å²) in [6.07, 6.45) is 5.63. The highest BCUT2D eigenvalue weighted by Crippen LogP contribution is 2.23. The van der Waals surface area contributed by atoms with Crippen molar-refractivity contribution in [2.45, 2.75) is 33.2 Å². The number of nitrogens with zero attached hydrogens (tertiary/aromatic N) is 5. The Morgan fingerprint density at radius 3 is 2.86 bits per heavy atom. The van der Waals surface area contributed by atoms with Crippen LogP contribution >= 0.6 is 0 Å². The standard InChI is InChI=1S/C15H20N6/c1-4-5-12-13-14(20(3)19-12)21(15(16)18-13)9-11-6-7-17-8-10(11)2/h6-8H,4-5,9H2,1-3H3,(H2,16,18). The molecule has 0 spiro atoms. The highest BCUT2D eigenvalue weighted by molar-refractivity contribution is 5.78. The van der Waals surface area contributed by atoms with Crippen molar-refractivity contribution in [2.24, 2.45) is 7.05 Å². The number of aromatic nitrogens is 5. The molecule has 2 N–H and O–H groups in total. The van der Waals surface area contributed by atoms with Gasteiger partial charge in [0.1, 0.15) is 5.52 Å². The van der Waals surface area contributed by atoms with Gasteiger partial charge in [0.2, 0.25) is 5.95 Å². The molecule has 3 aromatic rings. The van der Waals surface area contributed by atoms with Gasteiger partial charge in [-0.1, -0.05) is 13.3 Å². The number of hydrogen-bond acceptors (Lipinski definition) is 4. The van der Waals surface area contributed by atoms with Gasteiger partial charge in [-0.3, -0.25) is 14.2 Å². The number of nitrogens with two attached hydrogens (primary N) is 1.